The fourth-order valence-corrected chi connectivity index (χ4v) is 2.84. The number of guanidine groups is 1. The van der Waals surface area contributed by atoms with Gasteiger partial charge in [-0.05, 0) is 37.1 Å². The summed E-state index contributed by atoms with van der Waals surface area (Å²) in [5.41, 5.74) is 7.19. The molecule has 2 rings (SSSR count). The third kappa shape index (κ3) is 2.19. The molecule has 0 saturated carbocycles. The van der Waals surface area contributed by atoms with Crippen molar-refractivity contribution in [2.45, 2.75) is 38.6 Å². The molecule has 1 heterocycles. The molecule has 0 saturated heterocycles. The molecule has 0 spiro atoms. The molecule has 0 amide bonds. The number of hydrogen-bond donors (Lipinski definition) is 1. The summed E-state index contributed by atoms with van der Waals surface area (Å²) in [4.78, 5) is 6.62. The van der Waals surface area contributed by atoms with Gasteiger partial charge >= 0.3 is 0 Å². The van der Waals surface area contributed by atoms with Crippen LogP contribution in [0.3, 0.4) is 0 Å². The maximum absolute atomic E-state index is 6.07. The van der Waals surface area contributed by atoms with E-state index in [0.29, 0.717) is 5.96 Å². The second kappa shape index (κ2) is 5.19. The SMILES string of the molecule is CCCC1(CC)CN=C(N)N1c1ccc(Cl)cc1. The molecule has 1 aromatic rings. The van der Waals surface area contributed by atoms with Crippen molar-refractivity contribution in [1.82, 2.24) is 0 Å². The Bertz CT molecular complexity index is 441. The lowest BCUT2D eigenvalue weighted by Crippen LogP contribution is -2.51. The highest BCUT2D eigenvalue weighted by Crippen LogP contribution is 2.35. The molecule has 4 heteroatoms. The first-order chi connectivity index (χ1) is 8.63. The van der Waals surface area contributed by atoms with Crippen molar-refractivity contribution in [3.63, 3.8) is 0 Å². The van der Waals surface area contributed by atoms with Crippen LogP contribution in [0.25, 0.3) is 0 Å². The summed E-state index contributed by atoms with van der Waals surface area (Å²) in [6.45, 7) is 5.18. The Morgan fingerprint density at radius 3 is 2.56 bits per heavy atom. The lowest BCUT2D eigenvalue weighted by molar-refractivity contribution is 0.404. The minimum absolute atomic E-state index is 0.0344. The summed E-state index contributed by atoms with van der Waals surface area (Å²) in [7, 11) is 0. The quantitative estimate of drug-likeness (QED) is 0.906. The van der Waals surface area contributed by atoms with E-state index in [4.69, 9.17) is 17.3 Å². The number of benzene rings is 1. The highest BCUT2D eigenvalue weighted by Gasteiger charge is 2.40. The van der Waals surface area contributed by atoms with Gasteiger partial charge in [0.25, 0.3) is 0 Å². The van der Waals surface area contributed by atoms with E-state index in [2.05, 4.69) is 23.7 Å². The number of nitrogens with zero attached hydrogens (tertiary/aromatic N) is 2. The Kier molecular flexibility index (Phi) is 3.81. The van der Waals surface area contributed by atoms with Gasteiger partial charge in [0.1, 0.15) is 0 Å². The second-order valence-electron chi connectivity index (χ2n) is 4.81. The van der Waals surface area contributed by atoms with Gasteiger partial charge in [0.05, 0.1) is 12.1 Å². The van der Waals surface area contributed by atoms with Crippen LogP contribution in [0.15, 0.2) is 29.3 Å². The largest absolute Gasteiger partial charge is 0.369 e. The molecule has 1 aliphatic rings. The van der Waals surface area contributed by atoms with Gasteiger partial charge in [0.2, 0.25) is 0 Å². The Hall–Kier alpha value is -1.22. The molecule has 0 radical (unpaired) electrons. The van der Waals surface area contributed by atoms with E-state index >= 15 is 0 Å². The molecule has 0 aromatic heterocycles. The fraction of sp³-hybridized carbons (Fsp3) is 0.500. The monoisotopic (exact) mass is 265 g/mol. The van der Waals surface area contributed by atoms with Crippen molar-refractivity contribution in [1.29, 1.82) is 0 Å². The molecule has 18 heavy (non-hydrogen) atoms. The maximum Gasteiger partial charge on any atom is 0.196 e. The first kappa shape index (κ1) is 13.2. The molecular weight excluding hydrogens is 246 g/mol. The lowest BCUT2D eigenvalue weighted by atomic mass is 9.89. The average Bonchev–Trinajstić information content (AvgIpc) is 2.69. The van der Waals surface area contributed by atoms with Gasteiger partial charge in [0.15, 0.2) is 5.96 Å². The molecule has 0 fully saturated rings. The second-order valence-corrected chi connectivity index (χ2v) is 5.25. The zero-order valence-electron chi connectivity index (χ0n) is 11.0. The molecule has 3 nitrogen and oxygen atoms in total. The van der Waals surface area contributed by atoms with Crippen molar-refractivity contribution in [3.05, 3.63) is 29.3 Å². The average molecular weight is 266 g/mol. The number of rotatable bonds is 4. The highest BCUT2D eigenvalue weighted by molar-refractivity contribution is 6.30. The molecule has 1 unspecified atom stereocenters. The van der Waals surface area contributed by atoms with Crippen LogP contribution in [0.4, 0.5) is 5.69 Å². The van der Waals surface area contributed by atoms with Gasteiger partial charge in [-0.25, -0.2) is 0 Å². The van der Waals surface area contributed by atoms with Gasteiger partial charge in [-0.3, -0.25) is 4.99 Å². The van der Waals surface area contributed by atoms with Crippen molar-refractivity contribution in [3.8, 4) is 0 Å². The van der Waals surface area contributed by atoms with E-state index in [1.54, 1.807) is 0 Å². The van der Waals surface area contributed by atoms with E-state index in [1.165, 1.54) is 0 Å². The number of nitrogens with two attached hydrogens (primary N) is 1. The Labute approximate surface area is 114 Å². The number of aliphatic imine (C=N–C) groups is 1. The molecule has 1 atom stereocenters. The van der Waals surface area contributed by atoms with Gasteiger partial charge in [-0.15, -0.1) is 0 Å². The highest BCUT2D eigenvalue weighted by atomic mass is 35.5. The maximum atomic E-state index is 6.07. The predicted octanol–water partition coefficient (Wildman–Crippen LogP) is 3.42. The lowest BCUT2D eigenvalue weighted by Gasteiger charge is -2.38. The third-order valence-electron chi connectivity index (χ3n) is 3.70. The topological polar surface area (TPSA) is 41.6 Å². The Morgan fingerprint density at radius 1 is 1.33 bits per heavy atom. The molecule has 1 aliphatic heterocycles. The number of halogens is 1. The normalized spacial score (nSPS) is 23.3. The van der Waals surface area contributed by atoms with Gasteiger partial charge in [-0.2, -0.15) is 0 Å². The first-order valence-corrected chi connectivity index (χ1v) is 6.86. The van der Waals surface area contributed by atoms with Crippen LogP contribution in [0.5, 0.6) is 0 Å². The molecule has 0 aliphatic carbocycles. The Morgan fingerprint density at radius 2 is 2.00 bits per heavy atom. The zero-order valence-corrected chi connectivity index (χ0v) is 11.7. The van der Waals surface area contributed by atoms with Crippen LogP contribution in [0, 0.1) is 0 Å². The summed E-state index contributed by atoms with van der Waals surface area (Å²) < 4.78 is 0. The standard InChI is InChI=1S/C14H20ClN3/c1-3-9-14(4-2)10-17-13(16)18(14)12-7-5-11(15)6-8-12/h5-8H,3-4,9-10H2,1-2H3,(H2,16,17). The summed E-state index contributed by atoms with van der Waals surface area (Å²) in [5.74, 6) is 0.618. The minimum atomic E-state index is 0.0344. The molecule has 2 N–H and O–H groups in total. The van der Waals surface area contributed by atoms with Crippen molar-refractivity contribution in [2.24, 2.45) is 10.7 Å². The summed E-state index contributed by atoms with van der Waals surface area (Å²) in [6.07, 6.45) is 3.25. The van der Waals surface area contributed by atoms with Crippen LogP contribution >= 0.6 is 11.6 Å². The number of hydrogen-bond acceptors (Lipinski definition) is 3. The fourth-order valence-electron chi connectivity index (χ4n) is 2.71. The Balaban J connectivity index is 2.37. The summed E-state index contributed by atoms with van der Waals surface area (Å²) >= 11 is 5.94. The molecule has 98 valence electrons. The van der Waals surface area contributed by atoms with Crippen LogP contribution < -0.4 is 10.6 Å². The van der Waals surface area contributed by atoms with Crippen molar-refractivity contribution < 1.29 is 0 Å². The van der Waals surface area contributed by atoms with Crippen LogP contribution in [-0.2, 0) is 0 Å². The predicted molar refractivity (Wildman–Crippen MR) is 78.4 cm³/mol. The van der Waals surface area contributed by atoms with E-state index in [-0.39, 0.29) is 5.54 Å². The molecule has 1 aromatic carbocycles. The van der Waals surface area contributed by atoms with Gasteiger partial charge in [0, 0.05) is 10.7 Å². The van der Waals surface area contributed by atoms with Crippen LogP contribution in [0.1, 0.15) is 33.1 Å². The van der Waals surface area contributed by atoms with E-state index in [0.717, 1.165) is 36.5 Å². The van der Waals surface area contributed by atoms with E-state index in [1.807, 2.05) is 24.3 Å². The van der Waals surface area contributed by atoms with Crippen molar-refractivity contribution >= 4 is 23.2 Å². The van der Waals surface area contributed by atoms with Crippen LogP contribution in [-0.4, -0.2) is 18.0 Å². The number of anilines is 1. The third-order valence-corrected chi connectivity index (χ3v) is 3.95. The summed E-state index contributed by atoms with van der Waals surface area (Å²) in [6, 6.07) is 7.82. The van der Waals surface area contributed by atoms with Crippen LogP contribution in [0.2, 0.25) is 5.02 Å². The van der Waals surface area contributed by atoms with E-state index < -0.39 is 0 Å². The van der Waals surface area contributed by atoms with Crippen molar-refractivity contribution in [2.75, 3.05) is 11.4 Å². The molecular formula is C14H20ClN3. The minimum Gasteiger partial charge on any atom is -0.369 e. The van der Waals surface area contributed by atoms with Gasteiger partial charge in [-0.1, -0.05) is 31.9 Å². The smallest absolute Gasteiger partial charge is 0.196 e. The van der Waals surface area contributed by atoms with E-state index in [9.17, 15) is 0 Å². The first-order valence-electron chi connectivity index (χ1n) is 6.48. The zero-order chi connectivity index (χ0) is 13.2. The molecule has 0 bridgehead atoms. The van der Waals surface area contributed by atoms with Gasteiger partial charge < -0.3 is 10.6 Å². The summed E-state index contributed by atoms with van der Waals surface area (Å²) in [5, 5.41) is 0.742.